The second kappa shape index (κ2) is 6.44. The summed E-state index contributed by atoms with van der Waals surface area (Å²) in [5.41, 5.74) is 0. The van der Waals surface area contributed by atoms with Crippen molar-refractivity contribution in [1.82, 2.24) is 0 Å². The van der Waals surface area contributed by atoms with Crippen molar-refractivity contribution in [3.05, 3.63) is 12.7 Å². The number of hydrogen-bond donors (Lipinski definition) is 1. The van der Waals surface area contributed by atoms with Crippen molar-refractivity contribution in [3.63, 3.8) is 0 Å². The Balaban J connectivity index is 4.67. The molecule has 0 spiro atoms. The molecule has 0 fully saturated rings. The Morgan fingerprint density at radius 2 is 1.67 bits per heavy atom. The Morgan fingerprint density at radius 1 is 1.27 bits per heavy atom. The molecule has 0 aliphatic rings. The molecule has 0 aliphatic heterocycles. The summed E-state index contributed by atoms with van der Waals surface area (Å²) in [6.07, 6.45) is 1.17. The first-order valence-electron chi connectivity index (χ1n) is 5.07. The van der Waals surface area contributed by atoms with Gasteiger partial charge in [-0.05, 0) is 27.7 Å². The third-order valence-corrected chi connectivity index (χ3v) is 3.83. The Labute approximate surface area is 91.8 Å². The van der Waals surface area contributed by atoms with Crippen LogP contribution in [0.3, 0.4) is 0 Å². The summed E-state index contributed by atoms with van der Waals surface area (Å²) >= 11 is 0. The van der Waals surface area contributed by atoms with Crippen LogP contribution in [0, 0.1) is 0 Å². The van der Waals surface area contributed by atoms with Gasteiger partial charge in [0.2, 0.25) is 0 Å². The average Bonchev–Trinajstić information content (AvgIpc) is 2.01. The molecular formula is C10H21O4P. The lowest BCUT2D eigenvalue weighted by Crippen LogP contribution is -2.17. The molecule has 0 saturated heterocycles. The second-order valence-corrected chi connectivity index (χ2v) is 5.95. The van der Waals surface area contributed by atoms with Crippen LogP contribution in [-0.4, -0.2) is 23.2 Å². The van der Waals surface area contributed by atoms with Crippen LogP contribution >= 0.6 is 7.60 Å². The maximum Gasteiger partial charge on any atom is 0.359 e. The molecule has 1 N–H and O–H groups in total. The summed E-state index contributed by atoms with van der Waals surface area (Å²) in [7, 11) is -3.45. The molecule has 0 amide bonds. The highest BCUT2D eigenvalue weighted by Crippen LogP contribution is 2.55. The molecule has 0 heterocycles. The quantitative estimate of drug-likeness (QED) is 0.545. The predicted octanol–water partition coefficient (Wildman–Crippen LogP) is 2.92. The van der Waals surface area contributed by atoms with E-state index in [1.165, 1.54) is 6.08 Å². The molecular weight excluding hydrogens is 215 g/mol. The molecule has 0 aromatic carbocycles. The van der Waals surface area contributed by atoms with Gasteiger partial charge in [-0.15, -0.1) is 6.58 Å². The van der Waals surface area contributed by atoms with E-state index in [-0.39, 0.29) is 18.6 Å². The van der Waals surface area contributed by atoms with E-state index in [1.54, 1.807) is 27.7 Å². The Morgan fingerprint density at radius 3 is 1.93 bits per heavy atom. The summed E-state index contributed by atoms with van der Waals surface area (Å²) < 4.78 is 22.6. The third-order valence-electron chi connectivity index (χ3n) is 1.46. The lowest BCUT2D eigenvalue weighted by molar-refractivity contribution is 0.102. The molecule has 5 heteroatoms. The first kappa shape index (κ1) is 14.8. The molecule has 0 aromatic heterocycles. The molecule has 0 aromatic rings. The predicted molar refractivity (Wildman–Crippen MR) is 60.9 cm³/mol. The maximum atomic E-state index is 12.2. The number of hydrogen-bond acceptors (Lipinski definition) is 4. The zero-order valence-corrected chi connectivity index (χ0v) is 10.7. The largest absolute Gasteiger partial charge is 0.380 e. The van der Waals surface area contributed by atoms with Crippen LogP contribution in [0.15, 0.2) is 12.7 Å². The highest BCUT2D eigenvalue weighted by atomic mass is 31.2. The summed E-state index contributed by atoms with van der Waals surface area (Å²) in [5.74, 6) is -1.14. The molecule has 0 bridgehead atoms. The molecule has 4 nitrogen and oxygen atoms in total. The standard InChI is InChI=1S/C10H21O4P/c1-6-7-10(11)15(12,13-8(2)3)14-9(4)5/h6,8-11H,1,7H2,2-5H3/t10-/m0/s1. The Bertz CT molecular complexity index is 224. The van der Waals surface area contributed by atoms with Crippen molar-refractivity contribution in [3.8, 4) is 0 Å². The zero-order valence-electron chi connectivity index (χ0n) is 9.84. The van der Waals surface area contributed by atoms with E-state index < -0.39 is 13.4 Å². The molecule has 1 atom stereocenters. The van der Waals surface area contributed by atoms with Gasteiger partial charge in [-0.2, -0.15) is 0 Å². The first-order valence-corrected chi connectivity index (χ1v) is 6.68. The normalized spacial score (nSPS) is 14.6. The molecule has 90 valence electrons. The fourth-order valence-electron chi connectivity index (χ4n) is 1.03. The van der Waals surface area contributed by atoms with Crippen LogP contribution in [0.25, 0.3) is 0 Å². The van der Waals surface area contributed by atoms with Crippen molar-refractivity contribution < 1.29 is 18.7 Å². The van der Waals surface area contributed by atoms with Gasteiger partial charge in [0, 0.05) is 6.42 Å². The second-order valence-electron chi connectivity index (χ2n) is 3.85. The lowest BCUT2D eigenvalue weighted by atomic mass is 10.5. The highest BCUT2D eigenvalue weighted by molar-refractivity contribution is 7.54. The minimum Gasteiger partial charge on any atom is -0.380 e. The minimum absolute atomic E-state index is 0.191. The van der Waals surface area contributed by atoms with Crippen molar-refractivity contribution in [2.45, 2.75) is 52.2 Å². The van der Waals surface area contributed by atoms with Crippen molar-refractivity contribution in [2.24, 2.45) is 0 Å². The summed E-state index contributed by atoms with van der Waals surface area (Å²) in [6.45, 7) is 10.5. The molecule has 0 unspecified atom stereocenters. The highest BCUT2D eigenvalue weighted by Gasteiger charge is 2.35. The van der Waals surface area contributed by atoms with Gasteiger partial charge in [-0.3, -0.25) is 4.57 Å². The minimum atomic E-state index is -3.45. The van der Waals surface area contributed by atoms with E-state index in [0.717, 1.165) is 0 Å². The summed E-state index contributed by atoms with van der Waals surface area (Å²) in [5, 5.41) is 9.68. The van der Waals surface area contributed by atoms with Crippen LogP contribution < -0.4 is 0 Å². The fourth-order valence-corrected chi connectivity index (χ4v) is 2.94. The summed E-state index contributed by atoms with van der Waals surface area (Å²) in [4.78, 5) is 0. The number of aliphatic hydroxyl groups excluding tert-OH is 1. The molecule has 0 rings (SSSR count). The van der Waals surface area contributed by atoms with E-state index in [2.05, 4.69) is 6.58 Å². The van der Waals surface area contributed by atoms with E-state index in [9.17, 15) is 9.67 Å². The van der Waals surface area contributed by atoms with Crippen molar-refractivity contribution >= 4 is 7.60 Å². The van der Waals surface area contributed by atoms with Crippen LogP contribution in [-0.2, 0) is 13.6 Å². The average molecular weight is 236 g/mol. The van der Waals surface area contributed by atoms with E-state index in [0.29, 0.717) is 0 Å². The fraction of sp³-hybridized carbons (Fsp3) is 0.800. The van der Waals surface area contributed by atoms with Crippen molar-refractivity contribution in [1.29, 1.82) is 0 Å². The van der Waals surface area contributed by atoms with Crippen molar-refractivity contribution in [2.75, 3.05) is 0 Å². The number of rotatable bonds is 7. The molecule has 15 heavy (non-hydrogen) atoms. The van der Waals surface area contributed by atoms with E-state index in [1.807, 2.05) is 0 Å². The number of aliphatic hydroxyl groups is 1. The maximum absolute atomic E-state index is 12.2. The molecule has 0 radical (unpaired) electrons. The van der Waals surface area contributed by atoms with Gasteiger partial charge < -0.3 is 14.2 Å². The van der Waals surface area contributed by atoms with Crippen LogP contribution in [0.1, 0.15) is 34.1 Å². The summed E-state index contributed by atoms with van der Waals surface area (Å²) in [6, 6.07) is 0. The molecule has 0 saturated carbocycles. The Kier molecular flexibility index (Phi) is 6.37. The van der Waals surface area contributed by atoms with Gasteiger partial charge in [0.25, 0.3) is 0 Å². The topological polar surface area (TPSA) is 55.8 Å². The van der Waals surface area contributed by atoms with Gasteiger partial charge in [0.05, 0.1) is 12.2 Å². The molecule has 0 aliphatic carbocycles. The van der Waals surface area contributed by atoms with Crippen LogP contribution in [0.4, 0.5) is 0 Å². The third kappa shape index (κ3) is 5.47. The van der Waals surface area contributed by atoms with E-state index in [4.69, 9.17) is 9.05 Å². The van der Waals surface area contributed by atoms with Gasteiger partial charge in [0.15, 0.2) is 5.85 Å². The SMILES string of the molecule is C=CC[C@@H](O)P(=O)(OC(C)C)OC(C)C. The van der Waals surface area contributed by atoms with Gasteiger partial charge in [-0.1, -0.05) is 6.08 Å². The smallest absolute Gasteiger partial charge is 0.359 e. The van der Waals surface area contributed by atoms with Crippen LogP contribution in [0.2, 0.25) is 0 Å². The monoisotopic (exact) mass is 236 g/mol. The van der Waals surface area contributed by atoms with Gasteiger partial charge in [-0.25, -0.2) is 0 Å². The van der Waals surface area contributed by atoms with Gasteiger partial charge >= 0.3 is 7.60 Å². The zero-order chi connectivity index (χ0) is 12.1. The lowest BCUT2D eigenvalue weighted by Gasteiger charge is -2.26. The Hall–Kier alpha value is -0.150. The first-order chi connectivity index (χ1) is 6.81. The van der Waals surface area contributed by atoms with Crippen LogP contribution in [0.5, 0.6) is 0 Å². The van der Waals surface area contributed by atoms with Gasteiger partial charge in [0.1, 0.15) is 0 Å². The van der Waals surface area contributed by atoms with E-state index >= 15 is 0 Å².